The second kappa shape index (κ2) is 4.94. The van der Waals surface area contributed by atoms with Gasteiger partial charge in [-0.1, -0.05) is 0 Å². The van der Waals surface area contributed by atoms with E-state index in [0.29, 0.717) is 12.0 Å². The Kier molecular flexibility index (Phi) is 2.92. The number of allylic oxidation sites excluding steroid dienone is 1. The maximum Gasteiger partial charge on any atom is 0.224 e. The molecule has 5 nitrogen and oxygen atoms in total. The van der Waals surface area contributed by atoms with Crippen LogP contribution in [-0.4, -0.2) is 26.0 Å². The Morgan fingerprint density at radius 3 is 3.00 bits per heavy atom. The van der Waals surface area contributed by atoms with E-state index in [0.717, 1.165) is 17.5 Å². The summed E-state index contributed by atoms with van der Waals surface area (Å²) in [5.41, 5.74) is 5.83. The van der Waals surface area contributed by atoms with Crippen LogP contribution in [0.15, 0.2) is 30.9 Å². The summed E-state index contributed by atoms with van der Waals surface area (Å²) < 4.78 is 0. The molecule has 3 heterocycles. The number of aromatic nitrogens is 4. The zero-order valence-electron chi connectivity index (χ0n) is 12.6. The molecule has 0 unspecified atom stereocenters. The summed E-state index contributed by atoms with van der Waals surface area (Å²) in [5.74, 6) is 0.656. The third kappa shape index (κ3) is 2.15. The molecule has 0 bridgehead atoms. The molecule has 3 aromatic heterocycles. The molecule has 0 fully saturated rings. The van der Waals surface area contributed by atoms with E-state index in [-0.39, 0.29) is 0 Å². The maximum atomic E-state index is 4.54. The number of fused-ring (bicyclic) bond motifs is 2. The highest BCUT2D eigenvalue weighted by Crippen LogP contribution is 2.34. The highest BCUT2D eigenvalue weighted by Gasteiger charge is 2.17. The zero-order valence-corrected chi connectivity index (χ0v) is 12.6. The highest BCUT2D eigenvalue weighted by atomic mass is 15.1. The van der Waals surface area contributed by atoms with Gasteiger partial charge in [-0.3, -0.25) is 4.98 Å². The van der Waals surface area contributed by atoms with Gasteiger partial charge in [0.05, 0.1) is 0 Å². The van der Waals surface area contributed by atoms with Crippen molar-refractivity contribution in [2.24, 2.45) is 0 Å². The molecule has 110 valence electrons. The summed E-state index contributed by atoms with van der Waals surface area (Å²) in [7, 11) is 0. The predicted octanol–water partition coefficient (Wildman–Crippen LogP) is 3.27. The van der Waals surface area contributed by atoms with Crippen molar-refractivity contribution in [3.63, 3.8) is 0 Å². The molecule has 0 radical (unpaired) electrons. The fourth-order valence-electron chi connectivity index (χ4n) is 2.84. The third-order valence-electron chi connectivity index (χ3n) is 3.85. The summed E-state index contributed by atoms with van der Waals surface area (Å²) in [6.07, 6.45) is 10.8. The SMILES string of the molecule is CC(C)Nc1ncc2c(C3=Cc4cnccc4C3)c[nH]c2n1. The molecule has 0 aromatic carbocycles. The molecule has 0 saturated carbocycles. The fraction of sp³-hybridized carbons (Fsp3) is 0.235. The minimum Gasteiger partial charge on any atom is -0.352 e. The topological polar surface area (TPSA) is 66.5 Å². The molecule has 0 saturated heterocycles. The van der Waals surface area contributed by atoms with E-state index in [1.54, 1.807) is 0 Å². The van der Waals surface area contributed by atoms with Gasteiger partial charge in [-0.2, -0.15) is 4.98 Å². The summed E-state index contributed by atoms with van der Waals surface area (Å²) in [6.45, 7) is 4.14. The van der Waals surface area contributed by atoms with Gasteiger partial charge in [0.2, 0.25) is 5.95 Å². The van der Waals surface area contributed by atoms with E-state index >= 15 is 0 Å². The fourth-order valence-corrected chi connectivity index (χ4v) is 2.84. The number of aromatic amines is 1. The normalized spacial score (nSPS) is 13.5. The lowest BCUT2D eigenvalue weighted by molar-refractivity contribution is 0.877. The Hall–Kier alpha value is -2.69. The van der Waals surface area contributed by atoms with E-state index < -0.39 is 0 Å². The van der Waals surface area contributed by atoms with Crippen LogP contribution in [0, 0.1) is 0 Å². The van der Waals surface area contributed by atoms with Crippen molar-refractivity contribution < 1.29 is 0 Å². The monoisotopic (exact) mass is 291 g/mol. The molecule has 0 amide bonds. The summed E-state index contributed by atoms with van der Waals surface area (Å²) in [4.78, 5) is 16.4. The Morgan fingerprint density at radius 2 is 2.18 bits per heavy atom. The lowest BCUT2D eigenvalue weighted by Gasteiger charge is -2.07. The van der Waals surface area contributed by atoms with Crippen molar-refractivity contribution in [2.75, 3.05) is 5.32 Å². The molecule has 0 atom stereocenters. The van der Waals surface area contributed by atoms with E-state index in [4.69, 9.17) is 0 Å². The van der Waals surface area contributed by atoms with Crippen molar-refractivity contribution in [1.82, 2.24) is 19.9 Å². The van der Waals surface area contributed by atoms with Crippen molar-refractivity contribution in [1.29, 1.82) is 0 Å². The smallest absolute Gasteiger partial charge is 0.224 e. The molecule has 0 aliphatic heterocycles. The number of nitrogens with zero attached hydrogens (tertiary/aromatic N) is 3. The van der Waals surface area contributed by atoms with Gasteiger partial charge in [0.1, 0.15) is 5.65 Å². The molecule has 5 heteroatoms. The quantitative estimate of drug-likeness (QED) is 0.777. The number of pyridine rings is 1. The lowest BCUT2D eigenvalue weighted by Crippen LogP contribution is -2.12. The van der Waals surface area contributed by atoms with Crippen LogP contribution in [0.2, 0.25) is 0 Å². The first-order valence-corrected chi connectivity index (χ1v) is 7.45. The lowest BCUT2D eigenvalue weighted by atomic mass is 10.1. The molecular weight excluding hydrogens is 274 g/mol. The van der Waals surface area contributed by atoms with Crippen LogP contribution >= 0.6 is 0 Å². The van der Waals surface area contributed by atoms with Crippen molar-refractivity contribution in [2.45, 2.75) is 26.3 Å². The van der Waals surface area contributed by atoms with Crippen LogP contribution in [-0.2, 0) is 6.42 Å². The van der Waals surface area contributed by atoms with Gasteiger partial charge in [-0.15, -0.1) is 0 Å². The van der Waals surface area contributed by atoms with E-state index in [9.17, 15) is 0 Å². The average Bonchev–Trinajstić information content (AvgIpc) is 3.09. The van der Waals surface area contributed by atoms with Crippen LogP contribution in [0.5, 0.6) is 0 Å². The molecular formula is C17H17N5. The summed E-state index contributed by atoms with van der Waals surface area (Å²) in [5, 5.41) is 4.28. The number of nitrogens with one attached hydrogen (secondary N) is 2. The minimum absolute atomic E-state index is 0.312. The van der Waals surface area contributed by atoms with Gasteiger partial charge in [0.25, 0.3) is 0 Å². The highest BCUT2D eigenvalue weighted by molar-refractivity contribution is 5.98. The van der Waals surface area contributed by atoms with Crippen LogP contribution in [0.3, 0.4) is 0 Å². The summed E-state index contributed by atoms with van der Waals surface area (Å²) >= 11 is 0. The minimum atomic E-state index is 0.312. The Bertz CT molecular complexity index is 876. The van der Waals surface area contributed by atoms with Gasteiger partial charge in [-0.25, -0.2) is 4.98 Å². The van der Waals surface area contributed by atoms with Gasteiger partial charge in [-0.05, 0) is 49.1 Å². The molecule has 22 heavy (non-hydrogen) atoms. The first-order chi connectivity index (χ1) is 10.7. The largest absolute Gasteiger partial charge is 0.352 e. The standard InChI is InChI=1S/C17H17N5/c1-10(2)21-17-20-9-15-14(8-19-16(15)22-17)12-5-11-3-4-18-7-13(11)6-12/h3-4,6-10H,5H2,1-2H3,(H2,19,20,21,22). The number of hydrogen-bond acceptors (Lipinski definition) is 4. The number of hydrogen-bond donors (Lipinski definition) is 2. The third-order valence-corrected chi connectivity index (χ3v) is 3.85. The van der Waals surface area contributed by atoms with Crippen LogP contribution in [0.1, 0.15) is 30.5 Å². The van der Waals surface area contributed by atoms with E-state index in [1.165, 1.54) is 22.3 Å². The maximum absolute atomic E-state index is 4.54. The number of H-pyrrole nitrogens is 1. The van der Waals surface area contributed by atoms with Gasteiger partial charge in [0.15, 0.2) is 0 Å². The average molecular weight is 291 g/mol. The molecule has 4 rings (SSSR count). The van der Waals surface area contributed by atoms with Crippen molar-refractivity contribution >= 4 is 28.6 Å². The number of anilines is 1. The molecule has 0 spiro atoms. The van der Waals surface area contributed by atoms with Crippen molar-refractivity contribution in [3.8, 4) is 0 Å². The van der Waals surface area contributed by atoms with E-state index in [1.807, 2.05) is 24.8 Å². The Labute approximate surface area is 128 Å². The van der Waals surface area contributed by atoms with Crippen LogP contribution in [0.25, 0.3) is 22.7 Å². The molecule has 1 aliphatic carbocycles. The first-order valence-electron chi connectivity index (χ1n) is 7.45. The van der Waals surface area contributed by atoms with Crippen LogP contribution < -0.4 is 5.32 Å². The predicted molar refractivity (Wildman–Crippen MR) is 88.5 cm³/mol. The second-order valence-corrected chi connectivity index (χ2v) is 5.88. The Morgan fingerprint density at radius 1 is 1.27 bits per heavy atom. The first kappa shape index (κ1) is 13.0. The van der Waals surface area contributed by atoms with Crippen molar-refractivity contribution in [3.05, 3.63) is 47.5 Å². The molecule has 3 aromatic rings. The van der Waals surface area contributed by atoms with Gasteiger partial charge in [0, 0.05) is 41.8 Å². The van der Waals surface area contributed by atoms with E-state index in [2.05, 4.69) is 51.2 Å². The van der Waals surface area contributed by atoms with Crippen LogP contribution in [0.4, 0.5) is 5.95 Å². The Balaban J connectivity index is 1.72. The van der Waals surface area contributed by atoms with Gasteiger partial charge >= 0.3 is 0 Å². The zero-order chi connectivity index (χ0) is 15.1. The molecule has 2 N–H and O–H groups in total. The molecule has 1 aliphatic rings. The second-order valence-electron chi connectivity index (χ2n) is 5.88. The summed E-state index contributed by atoms with van der Waals surface area (Å²) in [6, 6.07) is 2.39. The van der Waals surface area contributed by atoms with Gasteiger partial charge < -0.3 is 10.3 Å². The number of rotatable bonds is 3.